The molecule has 2 atom stereocenters. The Morgan fingerprint density at radius 3 is 2.69 bits per heavy atom. The summed E-state index contributed by atoms with van der Waals surface area (Å²) in [5.74, 6) is 0.961. The lowest BCUT2D eigenvalue weighted by Gasteiger charge is -2.18. The van der Waals surface area contributed by atoms with E-state index in [0.717, 1.165) is 12.2 Å². The molecule has 0 saturated heterocycles. The van der Waals surface area contributed by atoms with E-state index in [-0.39, 0.29) is 0 Å². The summed E-state index contributed by atoms with van der Waals surface area (Å²) in [6.07, 6.45) is 2.88. The van der Waals surface area contributed by atoms with Crippen molar-refractivity contribution in [3.05, 3.63) is 42.5 Å². The number of rotatable bonds is 6. The Hall–Kier alpha value is -1.28. The van der Waals surface area contributed by atoms with Crippen LogP contribution in [0.3, 0.4) is 0 Å². The van der Waals surface area contributed by atoms with E-state index in [0.29, 0.717) is 12.1 Å². The molecule has 0 aliphatic carbocycles. The number of benzene rings is 1. The molecule has 2 unspecified atom stereocenters. The third-order valence-corrected chi connectivity index (χ3v) is 2.62. The Morgan fingerprint density at radius 2 is 2.06 bits per heavy atom. The van der Waals surface area contributed by atoms with Crippen molar-refractivity contribution in [1.29, 1.82) is 0 Å². The molecule has 1 aromatic rings. The molecule has 0 bridgehead atoms. The number of para-hydroxylation sites is 1. The molecular weight excluding hydrogens is 198 g/mol. The second kappa shape index (κ2) is 6.33. The van der Waals surface area contributed by atoms with Crippen molar-refractivity contribution in [3.63, 3.8) is 0 Å². The summed E-state index contributed by atoms with van der Waals surface area (Å²) in [5.41, 5.74) is 1.24. The first kappa shape index (κ1) is 12.8. The molecule has 0 amide bonds. The van der Waals surface area contributed by atoms with Crippen molar-refractivity contribution in [1.82, 2.24) is 5.32 Å². The molecule has 0 heterocycles. The van der Waals surface area contributed by atoms with Gasteiger partial charge in [-0.05, 0) is 31.9 Å². The monoisotopic (exact) mass is 219 g/mol. The molecule has 0 aliphatic rings. The molecule has 0 fully saturated rings. The van der Waals surface area contributed by atoms with Crippen molar-refractivity contribution in [2.75, 3.05) is 7.11 Å². The maximum absolute atomic E-state index is 5.33. The molecule has 1 aromatic carbocycles. The fourth-order valence-electron chi connectivity index (χ4n) is 1.78. The SMILES string of the molecule is C=CC(C)NC(C)Cc1ccccc1OC. The zero-order valence-electron chi connectivity index (χ0n) is 10.4. The van der Waals surface area contributed by atoms with E-state index in [1.165, 1.54) is 5.56 Å². The lowest BCUT2D eigenvalue weighted by Crippen LogP contribution is -2.34. The zero-order chi connectivity index (χ0) is 12.0. The molecular formula is C14H21NO. The fraction of sp³-hybridized carbons (Fsp3) is 0.429. The minimum absolute atomic E-state index is 0.338. The first-order valence-electron chi connectivity index (χ1n) is 5.68. The highest BCUT2D eigenvalue weighted by molar-refractivity contribution is 5.33. The summed E-state index contributed by atoms with van der Waals surface area (Å²) in [6, 6.07) is 8.89. The maximum Gasteiger partial charge on any atom is 0.122 e. The van der Waals surface area contributed by atoms with Gasteiger partial charge in [0.05, 0.1) is 7.11 Å². The second-order valence-corrected chi connectivity index (χ2v) is 4.11. The second-order valence-electron chi connectivity index (χ2n) is 4.11. The van der Waals surface area contributed by atoms with Gasteiger partial charge in [0.2, 0.25) is 0 Å². The lowest BCUT2D eigenvalue weighted by molar-refractivity contribution is 0.405. The van der Waals surface area contributed by atoms with Gasteiger partial charge in [0.1, 0.15) is 5.75 Å². The highest BCUT2D eigenvalue weighted by Crippen LogP contribution is 2.18. The zero-order valence-corrected chi connectivity index (χ0v) is 10.4. The average Bonchev–Trinajstić information content (AvgIpc) is 2.29. The maximum atomic E-state index is 5.33. The van der Waals surface area contributed by atoms with Crippen molar-refractivity contribution >= 4 is 0 Å². The van der Waals surface area contributed by atoms with Crippen molar-refractivity contribution in [2.24, 2.45) is 0 Å². The molecule has 0 aliphatic heterocycles. The van der Waals surface area contributed by atoms with E-state index >= 15 is 0 Å². The summed E-state index contributed by atoms with van der Waals surface area (Å²) in [7, 11) is 1.71. The molecule has 2 nitrogen and oxygen atoms in total. The number of hydrogen-bond acceptors (Lipinski definition) is 2. The number of ether oxygens (including phenoxy) is 1. The van der Waals surface area contributed by atoms with Crippen molar-refractivity contribution in [3.8, 4) is 5.75 Å². The summed E-state index contributed by atoms with van der Waals surface area (Å²) in [5, 5.41) is 3.46. The van der Waals surface area contributed by atoms with Gasteiger partial charge >= 0.3 is 0 Å². The van der Waals surface area contributed by atoms with Crippen LogP contribution in [0.25, 0.3) is 0 Å². The summed E-state index contributed by atoms with van der Waals surface area (Å²) in [6.45, 7) is 8.04. The predicted molar refractivity (Wildman–Crippen MR) is 69.0 cm³/mol. The number of methoxy groups -OCH3 is 1. The Kier molecular flexibility index (Phi) is 5.06. The van der Waals surface area contributed by atoms with Gasteiger partial charge in [-0.3, -0.25) is 0 Å². The average molecular weight is 219 g/mol. The number of nitrogens with one attached hydrogen (secondary N) is 1. The molecule has 1 rings (SSSR count). The van der Waals surface area contributed by atoms with Gasteiger partial charge in [0.25, 0.3) is 0 Å². The molecule has 1 N–H and O–H groups in total. The van der Waals surface area contributed by atoms with Gasteiger partial charge in [-0.2, -0.15) is 0 Å². The Balaban J connectivity index is 2.61. The van der Waals surface area contributed by atoms with Gasteiger partial charge in [0, 0.05) is 12.1 Å². The first-order chi connectivity index (χ1) is 7.67. The number of hydrogen-bond donors (Lipinski definition) is 1. The molecule has 16 heavy (non-hydrogen) atoms. The molecule has 0 aromatic heterocycles. The van der Waals surface area contributed by atoms with Crippen LogP contribution in [0.1, 0.15) is 19.4 Å². The molecule has 0 radical (unpaired) electrons. The quantitative estimate of drug-likeness (QED) is 0.743. The molecule has 0 spiro atoms. The standard InChI is InChI=1S/C14H21NO/c1-5-11(2)15-12(3)10-13-8-6-7-9-14(13)16-4/h5-9,11-12,15H,1,10H2,2-4H3. The minimum Gasteiger partial charge on any atom is -0.496 e. The summed E-state index contributed by atoms with van der Waals surface area (Å²) in [4.78, 5) is 0. The highest BCUT2D eigenvalue weighted by atomic mass is 16.5. The van der Waals surface area contributed by atoms with Crippen LogP contribution in [0.4, 0.5) is 0 Å². The van der Waals surface area contributed by atoms with Crippen LogP contribution >= 0.6 is 0 Å². The van der Waals surface area contributed by atoms with E-state index in [1.54, 1.807) is 7.11 Å². The predicted octanol–water partition coefficient (Wildman–Crippen LogP) is 2.79. The lowest BCUT2D eigenvalue weighted by atomic mass is 10.1. The van der Waals surface area contributed by atoms with E-state index in [4.69, 9.17) is 4.74 Å². The topological polar surface area (TPSA) is 21.3 Å². The minimum atomic E-state index is 0.338. The van der Waals surface area contributed by atoms with Gasteiger partial charge < -0.3 is 10.1 Å². The van der Waals surface area contributed by atoms with E-state index in [1.807, 2.05) is 24.3 Å². The fourth-order valence-corrected chi connectivity index (χ4v) is 1.78. The van der Waals surface area contributed by atoms with Crippen LogP contribution in [-0.2, 0) is 6.42 Å². The Labute approximate surface area is 98.3 Å². The van der Waals surface area contributed by atoms with Crippen LogP contribution in [0.2, 0.25) is 0 Å². The van der Waals surface area contributed by atoms with E-state index < -0.39 is 0 Å². The van der Waals surface area contributed by atoms with Crippen LogP contribution < -0.4 is 10.1 Å². The van der Waals surface area contributed by atoms with Gasteiger partial charge in [0.15, 0.2) is 0 Å². The van der Waals surface area contributed by atoms with Gasteiger partial charge in [-0.25, -0.2) is 0 Å². The van der Waals surface area contributed by atoms with Crippen LogP contribution in [0.15, 0.2) is 36.9 Å². The summed E-state index contributed by atoms with van der Waals surface area (Å²) >= 11 is 0. The molecule has 88 valence electrons. The Morgan fingerprint density at radius 1 is 1.38 bits per heavy atom. The molecule has 0 saturated carbocycles. The van der Waals surface area contributed by atoms with Gasteiger partial charge in [-0.15, -0.1) is 6.58 Å². The smallest absolute Gasteiger partial charge is 0.122 e. The van der Waals surface area contributed by atoms with E-state index in [2.05, 4.69) is 31.8 Å². The third-order valence-electron chi connectivity index (χ3n) is 2.62. The largest absolute Gasteiger partial charge is 0.496 e. The van der Waals surface area contributed by atoms with E-state index in [9.17, 15) is 0 Å². The normalized spacial score (nSPS) is 14.2. The Bertz CT molecular complexity index is 335. The highest BCUT2D eigenvalue weighted by Gasteiger charge is 2.08. The van der Waals surface area contributed by atoms with Crippen LogP contribution in [-0.4, -0.2) is 19.2 Å². The molecule has 2 heteroatoms. The summed E-state index contributed by atoms with van der Waals surface area (Å²) < 4.78 is 5.33. The van der Waals surface area contributed by atoms with Crippen LogP contribution in [0.5, 0.6) is 5.75 Å². The van der Waals surface area contributed by atoms with Crippen LogP contribution in [0, 0.1) is 0 Å². The van der Waals surface area contributed by atoms with Crippen molar-refractivity contribution < 1.29 is 4.74 Å². The van der Waals surface area contributed by atoms with Gasteiger partial charge in [-0.1, -0.05) is 24.3 Å². The first-order valence-corrected chi connectivity index (χ1v) is 5.68. The third kappa shape index (κ3) is 3.70. The van der Waals surface area contributed by atoms with Crippen molar-refractivity contribution in [2.45, 2.75) is 32.4 Å².